The number of rotatable bonds is 5. The standard InChI is InChI=1S/C17H22N2O/c1-4-8-20-16-10-14(18)9-15(11-16)19-17-7-5-6-12(2)13(17)3/h5-7,9-11,19H,4,8,18H2,1-3H3. The van der Waals surface area contributed by atoms with Gasteiger partial charge in [0.2, 0.25) is 0 Å². The van der Waals surface area contributed by atoms with E-state index in [1.165, 1.54) is 11.1 Å². The zero-order valence-corrected chi connectivity index (χ0v) is 12.4. The molecule has 0 saturated carbocycles. The summed E-state index contributed by atoms with van der Waals surface area (Å²) in [7, 11) is 0. The summed E-state index contributed by atoms with van der Waals surface area (Å²) >= 11 is 0. The molecule has 3 nitrogen and oxygen atoms in total. The van der Waals surface area contributed by atoms with Crippen molar-refractivity contribution in [3.8, 4) is 5.75 Å². The Morgan fingerprint density at radius 2 is 1.95 bits per heavy atom. The first-order valence-electron chi connectivity index (χ1n) is 6.96. The molecule has 20 heavy (non-hydrogen) atoms. The molecule has 0 radical (unpaired) electrons. The van der Waals surface area contributed by atoms with Crippen molar-refractivity contribution in [2.45, 2.75) is 27.2 Å². The Balaban J connectivity index is 2.24. The number of benzene rings is 2. The maximum atomic E-state index is 5.93. The minimum absolute atomic E-state index is 0.700. The zero-order valence-electron chi connectivity index (χ0n) is 12.4. The number of hydrogen-bond acceptors (Lipinski definition) is 3. The van der Waals surface area contributed by atoms with E-state index in [2.05, 4.69) is 38.2 Å². The van der Waals surface area contributed by atoms with E-state index in [4.69, 9.17) is 10.5 Å². The van der Waals surface area contributed by atoms with Crippen LogP contribution in [0.1, 0.15) is 24.5 Å². The van der Waals surface area contributed by atoms with Crippen LogP contribution < -0.4 is 15.8 Å². The van der Waals surface area contributed by atoms with Crippen LogP contribution in [0.15, 0.2) is 36.4 Å². The van der Waals surface area contributed by atoms with E-state index in [1.807, 2.05) is 24.3 Å². The van der Waals surface area contributed by atoms with Crippen molar-refractivity contribution in [2.24, 2.45) is 0 Å². The van der Waals surface area contributed by atoms with Crippen molar-refractivity contribution in [1.82, 2.24) is 0 Å². The van der Waals surface area contributed by atoms with Gasteiger partial charge in [0.1, 0.15) is 5.75 Å². The molecule has 0 heterocycles. The fourth-order valence-corrected chi connectivity index (χ4v) is 2.04. The predicted molar refractivity (Wildman–Crippen MR) is 85.8 cm³/mol. The third kappa shape index (κ3) is 3.44. The topological polar surface area (TPSA) is 47.3 Å². The van der Waals surface area contributed by atoms with Gasteiger partial charge in [-0.1, -0.05) is 19.1 Å². The van der Waals surface area contributed by atoms with Crippen molar-refractivity contribution in [1.29, 1.82) is 0 Å². The molecule has 0 aliphatic rings. The minimum Gasteiger partial charge on any atom is -0.493 e. The first kappa shape index (κ1) is 14.3. The average Bonchev–Trinajstić information content (AvgIpc) is 2.41. The molecular formula is C17H22N2O. The Morgan fingerprint density at radius 3 is 2.70 bits per heavy atom. The molecule has 3 N–H and O–H groups in total. The molecular weight excluding hydrogens is 248 g/mol. The number of nitrogens with two attached hydrogens (primary N) is 1. The Kier molecular flexibility index (Phi) is 4.51. The highest BCUT2D eigenvalue weighted by Gasteiger charge is 2.04. The number of hydrogen-bond donors (Lipinski definition) is 2. The van der Waals surface area contributed by atoms with Crippen LogP contribution in [0.3, 0.4) is 0 Å². The Morgan fingerprint density at radius 1 is 1.15 bits per heavy atom. The SMILES string of the molecule is CCCOc1cc(N)cc(Nc2cccc(C)c2C)c1. The largest absolute Gasteiger partial charge is 0.493 e. The van der Waals surface area contributed by atoms with Crippen LogP contribution in [0.2, 0.25) is 0 Å². The van der Waals surface area contributed by atoms with Gasteiger partial charge >= 0.3 is 0 Å². The number of nitrogen functional groups attached to an aromatic ring is 1. The van der Waals surface area contributed by atoms with E-state index >= 15 is 0 Å². The fourth-order valence-electron chi connectivity index (χ4n) is 2.04. The van der Waals surface area contributed by atoms with Crippen molar-refractivity contribution in [3.63, 3.8) is 0 Å². The van der Waals surface area contributed by atoms with Crippen molar-refractivity contribution in [2.75, 3.05) is 17.7 Å². The Labute approximate surface area is 120 Å². The van der Waals surface area contributed by atoms with Gasteiger partial charge in [-0.15, -0.1) is 0 Å². The summed E-state index contributed by atoms with van der Waals surface area (Å²) in [5.74, 6) is 0.805. The van der Waals surface area contributed by atoms with Crippen LogP contribution in [0, 0.1) is 13.8 Å². The zero-order chi connectivity index (χ0) is 14.5. The van der Waals surface area contributed by atoms with Gasteiger partial charge in [-0.3, -0.25) is 0 Å². The second-order valence-electron chi connectivity index (χ2n) is 5.01. The van der Waals surface area contributed by atoms with Gasteiger partial charge in [0, 0.05) is 29.2 Å². The molecule has 106 valence electrons. The first-order chi connectivity index (χ1) is 9.60. The van der Waals surface area contributed by atoms with E-state index < -0.39 is 0 Å². The monoisotopic (exact) mass is 270 g/mol. The van der Waals surface area contributed by atoms with E-state index in [0.717, 1.165) is 23.5 Å². The molecule has 0 amide bonds. The van der Waals surface area contributed by atoms with Crippen LogP contribution >= 0.6 is 0 Å². The van der Waals surface area contributed by atoms with Gasteiger partial charge in [0.25, 0.3) is 0 Å². The summed E-state index contributed by atoms with van der Waals surface area (Å²) < 4.78 is 5.65. The summed E-state index contributed by atoms with van der Waals surface area (Å²) in [6.45, 7) is 7.00. The lowest BCUT2D eigenvalue weighted by Gasteiger charge is -2.13. The van der Waals surface area contributed by atoms with Crippen LogP contribution in [-0.4, -0.2) is 6.61 Å². The van der Waals surface area contributed by atoms with Gasteiger partial charge in [-0.05, 0) is 43.5 Å². The number of anilines is 3. The van der Waals surface area contributed by atoms with Crippen molar-refractivity contribution in [3.05, 3.63) is 47.5 Å². The van der Waals surface area contributed by atoms with Crippen molar-refractivity contribution >= 4 is 17.1 Å². The maximum absolute atomic E-state index is 5.93. The molecule has 2 aromatic carbocycles. The molecule has 0 fully saturated rings. The molecule has 0 aliphatic carbocycles. The minimum atomic E-state index is 0.700. The highest BCUT2D eigenvalue weighted by molar-refractivity contribution is 5.68. The average molecular weight is 270 g/mol. The normalized spacial score (nSPS) is 10.3. The molecule has 2 rings (SSSR count). The van der Waals surface area contributed by atoms with Gasteiger partial charge in [-0.2, -0.15) is 0 Å². The summed E-state index contributed by atoms with van der Waals surface area (Å²) in [6, 6.07) is 12.0. The number of aryl methyl sites for hydroxylation is 1. The predicted octanol–water partition coefficient (Wildman–Crippen LogP) is 4.42. The van der Waals surface area contributed by atoms with Crippen LogP contribution in [0.25, 0.3) is 0 Å². The van der Waals surface area contributed by atoms with Gasteiger partial charge in [-0.25, -0.2) is 0 Å². The molecule has 0 unspecified atom stereocenters. The first-order valence-corrected chi connectivity index (χ1v) is 6.96. The Bertz CT molecular complexity index is 594. The third-order valence-corrected chi connectivity index (χ3v) is 3.29. The van der Waals surface area contributed by atoms with Crippen LogP contribution in [-0.2, 0) is 0 Å². The molecule has 0 aliphatic heterocycles. The maximum Gasteiger partial charge on any atom is 0.123 e. The summed E-state index contributed by atoms with van der Waals surface area (Å²) in [6.07, 6.45) is 0.981. The molecule has 3 heteroatoms. The molecule has 0 atom stereocenters. The van der Waals surface area contributed by atoms with Gasteiger partial charge < -0.3 is 15.8 Å². The molecule has 2 aromatic rings. The molecule has 0 aromatic heterocycles. The molecule has 0 spiro atoms. The fraction of sp³-hybridized carbons (Fsp3) is 0.294. The third-order valence-electron chi connectivity index (χ3n) is 3.29. The highest BCUT2D eigenvalue weighted by Crippen LogP contribution is 2.27. The quantitative estimate of drug-likeness (QED) is 0.791. The van der Waals surface area contributed by atoms with Crippen LogP contribution in [0.4, 0.5) is 17.1 Å². The summed E-state index contributed by atoms with van der Waals surface area (Å²) in [5, 5.41) is 3.41. The second-order valence-corrected chi connectivity index (χ2v) is 5.01. The molecule has 0 bridgehead atoms. The number of nitrogens with one attached hydrogen (secondary N) is 1. The van der Waals surface area contributed by atoms with Gasteiger partial charge in [0.15, 0.2) is 0 Å². The molecule has 0 saturated heterocycles. The van der Waals surface area contributed by atoms with Crippen LogP contribution in [0.5, 0.6) is 5.75 Å². The lowest BCUT2D eigenvalue weighted by atomic mass is 10.1. The smallest absolute Gasteiger partial charge is 0.123 e. The lowest BCUT2D eigenvalue weighted by molar-refractivity contribution is 0.318. The van der Waals surface area contributed by atoms with E-state index in [0.29, 0.717) is 12.3 Å². The number of ether oxygens (including phenoxy) is 1. The van der Waals surface area contributed by atoms with E-state index in [9.17, 15) is 0 Å². The van der Waals surface area contributed by atoms with Crippen molar-refractivity contribution < 1.29 is 4.74 Å². The highest BCUT2D eigenvalue weighted by atomic mass is 16.5. The second kappa shape index (κ2) is 6.33. The van der Waals surface area contributed by atoms with Gasteiger partial charge in [0.05, 0.1) is 6.61 Å². The summed E-state index contributed by atoms with van der Waals surface area (Å²) in [4.78, 5) is 0. The summed E-state index contributed by atoms with van der Waals surface area (Å²) in [5.41, 5.74) is 11.2. The Hall–Kier alpha value is -2.16. The van der Waals surface area contributed by atoms with E-state index in [1.54, 1.807) is 0 Å². The van der Waals surface area contributed by atoms with E-state index in [-0.39, 0.29) is 0 Å². The lowest BCUT2D eigenvalue weighted by Crippen LogP contribution is -1.99.